The van der Waals surface area contributed by atoms with Crippen LogP contribution in [0.3, 0.4) is 0 Å². The summed E-state index contributed by atoms with van der Waals surface area (Å²) in [5, 5.41) is 15.9. The SMILES string of the molecule is Cc1c(NCc2cccc3c2NCC3)cccc1C(=O)O. The maximum Gasteiger partial charge on any atom is 0.336 e. The third kappa shape index (κ3) is 2.57. The number of hydrogen-bond acceptors (Lipinski definition) is 3. The second-order valence-electron chi connectivity index (χ2n) is 5.26. The zero-order valence-corrected chi connectivity index (χ0v) is 11.9. The maximum absolute atomic E-state index is 11.2. The van der Waals surface area contributed by atoms with Crippen molar-refractivity contribution in [2.45, 2.75) is 19.9 Å². The minimum atomic E-state index is -0.890. The Bertz CT molecular complexity index is 695. The van der Waals surface area contributed by atoms with E-state index in [0.29, 0.717) is 12.1 Å². The predicted octanol–water partition coefficient (Wildman–Crippen LogP) is 3.27. The fourth-order valence-corrected chi connectivity index (χ4v) is 2.81. The molecule has 1 aliphatic rings. The minimum Gasteiger partial charge on any atom is -0.478 e. The molecule has 0 saturated carbocycles. The fraction of sp³-hybridized carbons (Fsp3) is 0.235. The third-order valence-electron chi connectivity index (χ3n) is 3.97. The van der Waals surface area contributed by atoms with Crippen LogP contribution in [0.15, 0.2) is 36.4 Å². The summed E-state index contributed by atoms with van der Waals surface area (Å²) in [5.41, 5.74) is 5.76. The molecule has 21 heavy (non-hydrogen) atoms. The van der Waals surface area contributed by atoms with E-state index in [4.69, 9.17) is 5.11 Å². The summed E-state index contributed by atoms with van der Waals surface area (Å²) in [5.74, 6) is -0.890. The molecular formula is C17H18N2O2. The molecule has 0 amide bonds. The molecule has 108 valence electrons. The maximum atomic E-state index is 11.2. The monoisotopic (exact) mass is 282 g/mol. The first-order chi connectivity index (χ1) is 10.2. The molecule has 0 atom stereocenters. The minimum absolute atomic E-state index is 0.344. The molecule has 3 N–H and O–H groups in total. The number of para-hydroxylation sites is 1. The van der Waals surface area contributed by atoms with Crippen molar-refractivity contribution in [2.75, 3.05) is 17.2 Å². The molecular weight excluding hydrogens is 264 g/mol. The van der Waals surface area contributed by atoms with Crippen LogP contribution < -0.4 is 10.6 Å². The summed E-state index contributed by atoms with van der Waals surface area (Å²) < 4.78 is 0. The molecule has 3 rings (SSSR count). The molecule has 0 bridgehead atoms. The van der Waals surface area contributed by atoms with Gasteiger partial charge in [0.1, 0.15) is 0 Å². The van der Waals surface area contributed by atoms with Crippen molar-refractivity contribution in [3.63, 3.8) is 0 Å². The molecule has 1 heterocycles. The van der Waals surface area contributed by atoms with E-state index in [1.54, 1.807) is 12.1 Å². The number of hydrogen-bond donors (Lipinski definition) is 3. The summed E-state index contributed by atoms with van der Waals surface area (Å²) >= 11 is 0. The van der Waals surface area contributed by atoms with Gasteiger partial charge < -0.3 is 15.7 Å². The number of fused-ring (bicyclic) bond motifs is 1. The van der Waals surface area contributed by atoms with Gasteiger partial charge in [-0.05, 0) is 42.2 Å². The standard InChI is InChI=1S/C17H18N2O2/c1-11-14(17(20)21)6-3-7-15(11)19-10-13-5-2-4-12-8-9-18-16(12)13/h2-7,18-19H,8-10H2,1H3,(H,20,21). The molecule has 0 fully saturated rings. The van der Waals surface area contributed by atoms with Crippen LogP contribution in [-0.2, 0) is 13.0 Å². The van der Waals surface area contributed by atoms with Crippen LogP contribution in [-0.4, -0.2) is 17.6 Å². The van der Waals surface area contributed by atoms with E-state index in [2.05, 4.69) is 28.8 Å². The smallest absolute Gasteiger partial charge is 0.336 e. The average Bonchev–Trinajstić information content (AvgIpc) is 2.95. The topological polar surface area (TPSA) is 61.4 Å². The van der Waals surface area contributed by atoms with Crippen LogP contribution in [0.2, 0.25) is 0 Å². The molecule has 0 spiro atoms. The summed E-state index contributed by atoms with van der Waals surface area (Å²) in [6, 6.07) is 11.6. The lowest BCUT2D eigenvalue weighted by atomic mass is 10.1. The van der Waals surface area contributed by atoms with E-state index in [0.717, 1.165) is 24.2 Å². The Labute approximate surface area is 123 Å². The Balaban J connectivity index is 1.82. The number of carbonyl (C=O) groups is 1. The number of aromatic carboxylic acids is 1. The van der Waals surface area contributed by atoms with Gasteiger partial charge in [0, 0.05) is 24.5 Å². The largest absolute Gasteiger partial charge is 0.478 e. The van der Waals surface area contributed by atoms with Gasteiger partial charge in [0.05, 0.1) is 5.56 Å². The number of nitrogens with one attached hydrogen (secondary N) is 2. The van der Waals surface area contributed by atoms with E-state index in [1.807, 2.05) is 13.0 Å². The normalized spacial score (nSPS) is 12.6. The summed E-state index contributed by atoms with van der Waals surface area (Å²) in [4.78, 5) is 11.2. The zero-order valence-electron chi connectivity index (χ0n) is 11.9. The van der Waals surface area contributed by atoms with Gasteiger partial charge in [-0.2, -0.15) is 0 Å². The van der Waals surface area contributed by atoms with E-state index >= 15 is 0 Å². The highest BCUT2D eigenvalue weighted by molar-refractivity contribution is 5.91. The van der Waals surface area contributed by atoms with Gasteiger partial charge in [-0.25, -0.2) is 4.79 Å². The van der Waals surface area contributed by atoms with Crippen molar-refractivity contribution in [3.05, 3.63) is 58.7 Å². The molecule has 0 saturated heterocycles. The molecule has 4 nitrogen and oxygen atoms in total. The van der Waals surface area contributed by atoms with Crippen LogP contribution in [0.1, 0.15) is 27.0 Å². The first kappa shape index (κ1) is 13.5. The second-order valence-corrected chi connectivity index (χ2v) is 5.26. The van der Waals surface area contributed by atoms with Crippen molar-refractivity contribution in [3.8, 4) is 0 Å². The van der Waals surface area contributed by atoms with Gasteiger partial charge in [-0.3, -0.25) is 0 Å². The molecule has 2 aromatic carbocycles. The first-order valence-electron chi connectivity index (χ1n) is 7.08. The van der Waals surface area contributed by atoms with Crippen LogP contribution in [0.5, 0.6) is 0 Å². The fourth-order valence-electron chi connectivity index (χ4n) is 2.81. The van der Waals surface area contributed by atoms with E-state index in [-0.39, 0.29) is 0 Å². The van der Waals surface area contributed by atoms with Gasteiger partial charge in [0.25, 0.3) is 0 Å². The number of carboxylic acids is 1. The summed E-state index contributed by atoms with van der Waals surface area (Å²) in [7, 11) is 0. The third-order valence-corrected chi connectivity index (χ3v) is 3.97. The zero-order chi connectivity index (χ0) is 14.8. The molecule has 0 radical (unpaired) electrons. The summed E-state index contributed by atoms with van der Waals surface area (Å²) in [6.07, 6.45) is 1.07. The number of anilines is 2. The van der Waals surface area contributed by atoms with Crippen LogP contribution in [0.4, 0.5) is 11.4 Å². The number of benzene rings is 2. The first-order valence-corrected chi connectivity index (χ1v) is 7.08. The lowest BCUT2D eigenvalue weighted by Crippen LogP contribution is -2.07. The van der Waals surface area contributed by atoms with Crippen molar-refractivity contribution < 1.29 is 9.90 Å². The Hall–Kier alpha value is -2.49. The molecule has 0 unspecified atom stereocenters. The highest BCUT2D eigenvalue weighted by Crippen LogP contribution is 2.27. The van der Waals surface area contributed by atoms with Crippen LogP contribution in [0.25, 0.3) is 0 Å². The second kappa shape index (κ2) is 5.48. The average molecular weight is 282 g/mol. The summed E-state index contributed by atoms with van der Waals surface area (Å²) in [6.45, 7) is 3.50. The lowest BCUT2D eigenvalue weighted by molar-refractivity contribution is 0.0696. The highest BCUT2D eigenvalue weighted by atomic mass is 16.4. The van der Waals surface area contributed by atoms with Crippen molar-refractivity contribution >= 4 is 17.3 Å². The molecule has 4 heteroatoms. The molecule has 1 aliphatic heterocycles. The Morgan fingerprint density at radius 2 is 2.10 bits per heavy atom. The quantitative estimate of drug-likeness (QED) is 0.805. The number of carboxylic acid groups (broad SMARTS) is 1. The highest BCUT2D eigenvalue weighted by Gasteiger charge is 2.14. The molecule has 0 aliphatic carbocycles. The van der Waals surface area contributed by atoms with E-state index in [9.17, 15) is 4.79 Å². The van der Waals surface area contributed by atoms with E-state index < -0.39 is 5.97 Å². The van der Waals surface area contributed by atoms with Crippen molar-refractivity contribution in [1.29, 1.82) is 0 Å². The van der Waals surface area contributed by atoms with Gasteiger partial charge in [0.15, 0.2) is 0 Å². The molecule has 2 aromatic rings. The predicted molar refractivity (Wildman–Crippen MR) is 84.1 cm³/mol. The van der Waals surface area contributed by atoms with Crippen LogP contribution in [0, 0.1) is 6.92 Å². The van der Waals surface area contributed by atoms with Gasteiger partial charge >= 0.3 is 5.97 Å². The Morgan fingerprint density at radius 3 is 2.90 bits per heavy atom. The number of rotatable bonds is 4. The van der Waals surface area contributed by atoms with Crippen molar-refractivity contribution in [1.82, 2.24) is 0 Å². The Kier molecular flexibility index (Phi) is 3.52. The van der Waals surface area contributed by atoms with Gasteiger partial charge in [-0.1, -0.05) is 24.3 Å². The van der Waals surface area contributed by atoms with Gasteiger partial charge in [0.2, 0.25) is 0 Å². The van der Waals surface area contributed by atoms with Gasteiger partial charge in [-0.15, -0.1) is 0 Å². The van der Waals surface area contributed by atoms with Crippen LogP contribution >= 0.6 is 0 Å². The lowest BCUT2D eigenvalue weighted by Gasteiger charge is -2.14. The molecule has 0 aromatic heterocycles. The van der Waals surface area contributed by atoms with Crippen molar-refractivity contribution in [2.24, 2.45) is 0 Å². The Morgan fingerprint density at radius 1 is 1.29 bits per heavy atom. The van der Waals surface area contributed by atoms with E-state index in [1.165, 1.54) is 16.8 Å².